The van der Waals surface area contributed by atoms with Crippen molar-refractivity contribution in [2.45, 2.75) is 74.1 Å². The zero-order valence-corrected chi connectivity index (χ0v) is 24.6. The predicted octanol–water partition coefficient (Wildman–Crippen LogP) is 8.58. The summed E-state index contributed by atoms with van der Waals surface area (Å²) in [5.41, 5.74) is 5.16. The fourth-order valence-corrected chi connectivity index (χ4v) is 3.98. The summed E-state index contributed by atoms with van der Waals surface area (Å²) < 4.78 is 0. The van der Waals surface area contributed by atoms with Crippen molar-refractivity contribution < 1.29 is 30.0 Å². The van der Waals surface area contributed by atoms with E-state index in [1.54, 1.807) is 0 Å². The van der Waals surface area contributed by atoms with Crippen LogP contribution in [0, 0.1) is 31.2 Å². The van der Waals surface area contributed by atoms with Crippen molar-refractivity contribution in [2.24, 2.45) is 11.3 Å². The van der Waals surface area contributed by atoms with Crippen molar-refractivity contribution >= 4 is 16.7 Å². The Morgan fingerprint density at radius 2 is 1.66 bits per heavy atom. The Balaban J connectivity index is 0.000000344. The molecule has 0 amide bonds. The van der Waals surface area contributed by atoms with Gasteiger partial charge in [-0.3, -0.25) is 9.78 Å². The third-order valence-corrected chi connectivity index (χ3v) is 6.86. The van der Waals surface area contributed by atoms with Crippen molar-refractivity contribution in [1.29, 1.82) is 0 Å². The van der Waals surface area contributed by atoms with E-state index in [0.717, 1.165) is 48.0 Å². The van der Waals surface area contributed by atoms with Gasteiger partial charge in [-0.05, 0) is 42.8 Å². The molecule has 1 aromatic heterocycles. The normalized spacial score (nSPS) is 11.6. The molecule has 3 rings (SSSR count). The Morgan fingerprint density at radius 3 is 2.23 bits per heavy atom. The molecule has 1 N–H and O–H groups in total. The third-order valence-electron chi connectivity index (χ3n) is 6.86. The maximum atomic E-state index is 12.0. The molecule has 35 heavy (non-hydrogen) atoms. The molecule has 2 aromatic carbocycles. The molecule has 0 atom stereocenters. The van der Waals surface area contributed by atoms with Crippen LogP contribution in [0.5, 0.6) is 0 Å². The molecule has 0 aliphatic carbocycles. The van der Waals surface area contributed by atoms with Crippen LogP contribution in [0.3, 0.4) is 0 Å². The van der Waals surface area contributed by atoms with Gasteiger partial charge in [-0.25, -0.2) is 0 Å². The van der Waals surface area contributed by atoms with Crippen LogP contribution in [0.4, 0.5) is 0 Å². The number of pyridine rings is 1. The minimum atomic E-state index is -0.319. The smallest absolute Gasteiger partial charge is 0.164 e. The Labute approximate surface area is 225 Å². The van der Waals surface area contributed by atoms with E-state index in [0.29, 0.717) is 0 Å². The number of nitrogens with zero attached hydrogens (tertiary/aromatic N) is 1. The number of carbonyl (C=O) groups excluding carboxylic acids is 1. The molecule has 191 valence electrons. The molecule has 0 aliphatic heterocycles. The number of aliphatic hydroxyl groups is 1. The van der Waals surface area contributed by atoms with Crippen LogP contribution < -0.4 is 0 Å². The molecule has 0 fully saturated rings. The molecule has 3 nitrogen and oxygen atoms in total. The number of allylic oxidation sites excluding steroid dienone is 2. The molecule has 4 heteroatoms. The van der Waals surface area contributed by atoms with Crippen molar-refractivity contribution in [3.05, 3.63) is 77.6 Å². The number of aryl methyl sites for hydroxylation is 2. The Hall–Kier alpha value is -2.29. The molecular formula is C31H40IrNO2-. The second kappa shape index (κ2) is 14.3. The van der Waals surface area contributed by atoms with Gasteiger partial charge >= 0.3 is 0 Å². The van der Waals surface area contributed by atoms with Gasteiger partial charge in [0.2, 0.25) is 0 Å². The fourth-order valence-electron chi connectivity index (χ4n) is 3.98. The van der Waals surface area contributed by atoms with Gasteiger partial charge < -0.3 is 5.11 Å². The first-order valence-electron chi connectivity index (χ1n) is 12.5. The van der Waals surface area contributed by atoms with Crippen molar-refractivity contribution in [2.75, 3.05) is 0 Å². The van der Waals surface area contributed by atoms with Crippen LogP contribution in [0.15, 0.2) is 60.4 Å². The Kier molecular flexibility index (Phi) is 12.6. The van der Waals surface area contributed by atoms with Gasteiger partial charge in [-0.1, -0.05) is 78.8 Å². The van der Waals surface area contributed by atoms with Gasteiger partial charge in [0.05, 0.1) is 11.3 Å². The van der Waals surface area contributed by atoms with Crippen LogP contribution in [0.1, 0.15) is 71.4 Å². The van der Waals surface area contributed by atoms with E-state index >= 15 is 0 Å². The van der Waals surface area contributed by atoms with Crippen molar-refractivity contribution in [1.82, 2.24) is 4.98 Å². The second-order valence-electron chi connectivity index (χ2n) is 9.36. The minimum absolute atomic E-state index is 0. The first-order valence-corrected chi connectivity index (χ1v) is 12.5. The number of rotatable bonds is 8. The number of carbonyl (C=O) groups is 1. The fraction of sp³-hybridized carbons (Fsp3) is 0.419. The molecule has 0 spiro atoms. The number of benzene rings is 2. The van der Waals surface area contributed by atoms with Gasteiger partial charge in [0.15, 0.2) is 5.78 Å². The Morgan fingerprint density at radius 1 is 1.03 bits per heavy atom. The third kappa shape index (κ3) is 8.40. The predicted molar refractivity (Wildman–Crippen MR) is 144 cm³/mol. The van der Waals surface area contributed by atoms with E-state index in [1.165, 1.54) is 17.0 Å². The van der Waals surface area contributed by atoms with E-state index in [-0.39, 0.29) is 43.0 Å². The summed E-state index contributed by atoms with van der Waals surface area (Å²) in [5, 5.41) is 11.0. The zero-order valence-electron chi connectivity index (χ0n) is 22.2. The molecule has 0 bridgehead atoms. The second-order valence-corrected chi connectivity index (χ2v) is 9.36. The van der Waals surface area contributed by atoms with Crippen molar-refractivity contribution in [3.8, 4) is 11.3 Å². The van der Waals surface area contributed by atoms with Gasteiger partial charge in [-0.15, -0.1) is 34.9 Å². The topological polar surface area (TPSA) is 50.2 Å². The quantitative estimate of drug-likeness (QED) is 0.151. The average Bonchev–Trinajstić information content (AvgIpc) is 2.83. The number of aromatic nitrogens is 1. The summed E-state index contributed by atoms with van der Waals surface area (Å²) in [4.78, 5) is 16.7. The van der Waals surface area contributed by atoms with Crippen LogP contribution >= 0.6 is 0 Å². The average molecular weight is 651 g/mol. The number of fused-ring (bicyclic) bond motifs is 1. The SMILES string of the molecule is CCC(CC)/C(O)=C/C(=O)C(C)(CC)CC.Cc1[c-]c(-c2ccc3ccccc3n2)cc(C)c1.[Ir]. The number of hydrogen-bond donors (Lipinski definition) is 1. The first-order chi connectivity index (χ1) is 16.2. The maximum absolute atomic E-state index is 12.0. The molecule has 1 radical (unpaired) electrons. The Bertz CT molecular complexity index is 1110. The molecule has 3 aromatic rings. The summed E-state index contributed by atoms with van der Waals surface area (Å²) >= 11 is 0. The van der Waals surface area contributed by atoms with Crippen LogP contribution in [-0.2, 0) is 24.9 Å². The van der Waals surface area contributed by atoms with Crippen LogP contribution in [0.25, 0.3) is 22.2 Å². The largest absolute Gasteiger partial charge is 0.512 e. The van der Waals surface area contributed by atoms with E-state index < -0.39 is 0 Å². The molecule has 0 unspecified atom stereocenters. The molecular weight excluding hydrogens is 611 g/mol. The monoisotopic (exact) mass is 651 g/mol. The van der Waals surface area contributed by atoms with Crippen molar-refractivity contribution in [3.63, 3.8) is 0 Å². The number of hydrogen-bond acceptors (Lipinski definition) is 3. The number of para-hydroxylation sites is 1. The molecule has 0 aliphatic rings. The van der Waals surface area contributed by atoms with E-state index in [9.17, 15) is 9.90 Å². The first kappa shape index (κ1) is 30.7. The van der Waals surface area contributed by atoms with Gasteiger partial charge in [0.25, 0.3) is 0 Å². The molecule has 1 heterocycles. The van der Waals surface area contributed by atoms with Gasteiger partial charge in [0.1, 0.15) is 0 Å². The zero-order chi connectivity index (χ0) is 25.3. The minimum Gasteiger partial charge on any atom is -0.512 e. The number of ketones is 1. The van der Waals surface area contributed by atoms with Crippen LogP contribution in [-0.4, -0.2) is 15.9 Å². The van der Waals surface area contributed by atoms with E-state index in [2.05, 4.69) is 50.2 Å². The summed E-state index contributed by atoms with van der Waals surface area (Å²) in [6.45, 7) is 14.2. The summed E-state index contributed by atoms with van der Waals surface area (Å²) in [6.07, 6.45) is 4.83. The van der Waals surface area contributed by atoms with Gasteiger partial charge in [0, 0.05) is 37.5 Å². The van der Waals surface area contributed by atoms with E-state index in [4.69, 9.17) is 4.98 Å². The van der Waals surface area contributed by atoms with Gasteiger partial charge in [-0.2, -0.15) is 0 Å². The van der Waals surface area contributed by atoms with E-state index in [1.807, 2.05) is 52.8 Å². The molecule has 0 saturated carbocycles. The van der Waals surface area contributed by atoms with Crippen LogP contribution in [0.2, 0.25) is 0 Å². The summed E-state index contributed by atoms with van der Waals surface area (Å²) in [7, 11) is 0. The summed E-state index contributed by atoms with van der Waals surface area (Å²) in [6, 6.07) is 20.0. The maximum Gasteiger partial charge on any atom is 0.164 e. The standard InChI is InChI=1S/C17H14N.C14H26O2.Ir/c1-12-9-13(2)11-15(10-12)17-8-7-14-5-3-4-6-16(14)18-17;1-6-11(7-2)12(15)10-13(16)14(5,8-3)9-4;/h3-10H,1-2H3;10-11,15H,6-9H2,1-5H3;/q-1;;/b;12-10-;. The molecule has 0 saturated heterocycles. The number of aliphatic hydroxyl groups excluding tert-OH is 1. The summed E-state index contributed by atoms with van der Waals surface area (Å²) in [5.74, 6) is 0.437.